The first-order valence-electron chi connectivity index (χ1n) is 9.34. The molecule has 0 fully saturated rings. The molecule has 6 heteroatoms. The number of rotatable bonds is 10. The average molecular weight is 386 g/mol. The van der Waals surface area contributed by atoms with Crippen molar-refractivity contribution in [2.45, 2.75) is 26.9 Å². The predicted molar refractivity (Wildman–Crippen MR) is 110 cm³/mol. The fourth-order valence-electron chi connectivity index (χ4n) is 2.99. The molecule has 0 unspecified atom stereocenters. The van der Waals surface area contributed by atoms with Gasteiger partial charge in [-0.3, -0.25) is 9.69 Å². The van der Waals surface area contributed by atoms with Gasteiger partial charge in [-0.15, -0.1) is 0 Å². The summed E-state index contributed by atoms with van der Waals surface area (Å²) in [6.07, 6.45) is 0. The van der Waals surface area contributed by atoms with Crippen LogP contribution in [0.5, 0.6) is 17.2 Å². The first kappa shape index (κ1) is 21.6. The van der Waals surface area contributed by atoms with Crippen LogP contribution in [0.1, 0.15) is 23.6 Å². The minimum Gasteiger partial charge on any atom is -0.496 e. The zero-order chi connectivity index (χ0) is 20.5. The molecule has 152 valence electrons. The molecule has 0 atom stereocenters. The molecule has 0 radical (unpaired) electrons. The molecular weight excluding hydrogens is 356 g/mol. The van der Waals surface area contributed by atoms with Crippen molar-refractivity contribution < 1.29 is 19.0 Å². The zero-order valence-electron chi connectivity index (χ0n) is 17.4. The lowest BCUT2D eigenvalue weighted by Crippen LogP contribution is -2.36. The number of amides is 1. The number of methoxy groups -OCH3 is 3. The van der Waals surface area contributed by atoms with E-state index in [1.54, 1.807) is 27.4 Å². The van der Waals surface area contributed by atoms with Crippen molar-refractivity contribution in [3.05, 3.63) is 53.1 Å². The summed E-state index contributed by atoms with van der Waals surface area (Å²) >= 11 is 0. The highest BCUT2D eigenvalue weighted by molar-refractivity contribution is 5.78. The molecule has 0 aromatic heterocycles. The topological polar surface area (TPSA) is 60.0 Å². The number of nitrogens with one attached hydrogen (secondary N) is 1. The van der Waals surface area contributed by atoms with Crippen LogP contribution in [-0.4, -0.2) is 45.2 Å². The second kappa shape index (κ2) is 10.6. The summed E-state index contributed by atoms with van der Waals surface area (Å²) in [4.78, 5) is 14.6. The van der Waals surface area contributed by atoms with E-state index in [2.05, 4.69) is 36.2 Å². The third kappa shape index (κ3) is 5.63. The smallest absolute Gasteiger partial charge is 0.234 e. The van der Waals surface area contributed by atoms with Gasteiger partial charge in [-0.1, -0.05) is 31.2 Å². The summed E-state index contributed by atoms with van der Waals surface area (Å²) in [6, 6.07) is 11.8. The Morgan fingerprint density at radius 1 is 0.964 bits per heavy atom. The quantitative estimate of drug-likeness (QED) is 0.680. The largest absolute Gasteiger partial charge is 0.496 e. The van der Waals surface area contributed by atoms with Gasteiger partial charge in [-0.05, 0) is 30.7 Å². The molecule has 0 aliphatic heterocycles. The highest BCUT2D eigenvalue weighted by Gasteiger charge is 2.14. The molecule has 0 aliphatic rings. The molecule has 0 spiro atoms. The molecule has 0 bridgehead atoms. The fourth-order valence-corrected chi connectivity index (χ4v) is 2.99. The highest BCUT2D eigenvalue weighted by atomic mass is 16.5. The zero-order valence-corrected chi connectivity index (χ0v) is 17.4. The van der Waals surface area contributed by atoms with Crippen LogP contribution >= 0.6 is 0 Å². The summed E-state index contributed by atoms with van der Waals surface area (Å²) in [5.41, 5.74) is 3.30. The van der Waals surface area contributed by atoms with Crippen molar-refractivity contribution in [1.29, 1.82) is 0 Å². The van der Waals surface area contributed by atoms with Gasteiger partial charge in [-0.2, -0.15) is 0 Å². The monoisotopic (exact) mass is 386 g/mol. The van der Waals surface area contributed by atoms with Gasteiger partial charge >= 0.3 is 0 Å². The number of aryl methyl sites for hydroxylation is 1. The van der Waals surface area contributed by atoms with Crippen molar-refractivity contribution in [1.82, 2.24) is 10.2 Å². The van der Waals surface area contributed by atoms with Gasteiger partial charge in [0.05, 0.1) is 27.9 Å². The van der Waals surface area contributed by atoms with E-state index in [1.807, 2.05) is 18.2 Å². The van der Waals surface area contributed by atoms with Crippen LogP contribution < -0.4 is 19.5 Å². The Balaban J connectivity index is 2.00. The van der Waals surface area contributed by atoms with E-state index in [4.69, 9.17) is 14.2 Å². The Morgan fingerprint density at radius 3 is 2.21 bits per heavy atom. The number of ether oxygens (including phenoxy) is 3. The number of hydrogen-bond donors (Lipinski definition) is 1. The molecule has 6 nitrogen and oxygen atoms in total. The van der Waals surface area contributed by atoms with Gasteiger partial charge in [-0.25, -0.2) is 0 Å². The van der Waals surface area contributed by atoms with Crippen molar-refractivity contribution in [3.8, 4) is 17.2 Å². The third-order valence-corrected chi connectivity index (χ3v) is 4.73. The Morgan fingerprint density at radius 2 is 1.61 bits per heavy atom. The molecule has 2 rings (SSSR count). The van der Waals surface area contributed by atoms with Crippen LogP contribution in [0.25, 0.3) is 0 Å². The van der Waals surface area contributed by atoms with E-state index in [9.17, 15) is 4.79 Å². The summed E-state index contributed by atoms with van der Waals surface area (Å²) in [6.45, 7) is 6.37. The Kier molecular flexibility index (Phi) is 8.14. The van der Waals surface area contributed by atoms with Gasteiger partial charge < -0.3 is 19.5 Å². The van der Waals surface area contributed by atoms with Crippen molar-refractivity contribution >= 4 is 5.91 Å². The number of hydrogen-bond acceptors (Lipinski definition) is 5. The number of carbonyl (C=O) groups is 1. The van der Waals surface area contributed by atoms with Crippen LogP contribution in [0.2, 0.25) is 0 Å². The summed E-state index contributed by atoms with van der Waals surface area (Å²) < 4.78 is 16.1. The SMILES string of the molecule is CCN(CC(=O)NCc1cc(OC)c(OC)cc1OC)Cc1ccccc1C. The summed E-state index contributed by atoms with van der Waals surface area (Å²) in [5, 5.41) is 2.97. The Bertz CT molecular complexity index is 792. The normalized spacial score (nSPS) is 10.6. The van der Waals surface area contributed by atoms with Crippen LogP contribution in [0.15, 0.2) is 36.4 Å². The lowest BCUT2D eigenvalue weighted by Gasteiger charge is -2.21. The number of likely N-dealkylation sites (N-methyl/N-ethyl adjacent to an activating group) is 1. The third-order valence-electron chi connectivity index (χ3n) is 4.73. The highest BCUT2D eigenvalue weighted by Crippen LogP contribution is 2.34. The van der Waals surface area contributed by atoms with E-state index in [0.717, 1.165) is 18.7 Å². The average Bonchev–Trinajstić information content (AvgIpc) is 2.72. The molecule has 1 N–H and O–H groups in total. The second-order valence-electron chi connectivity index (χ2n) is 6.53. The van der Waals surface area contributed by atoms with Gasteiger partial charge in [0.15, 0.2) is 11.5 Å². The number of carbonyl (C=O) groups excluding carboxylic acids is 1. The minimum absolute atomic E-state index is 0.0349. The predicted octanol–water partition coefficient (Wildman–Crippen LogP) is 3.16. The van der Waals surface area contributed by atoms with Gasteiger partial charge in [0.25, 0.3) is 0 Å². The molecule has 2 aromatic rings. The van der Waals surface area contributed by atoms with Crippen LogP contribution in [0, 0.1) is 6.92 Å². The summed E-state index contributed by atoms with van der Waals surface area (Å²) in [5.74, 6) is 1.80. The maximum atomic E-state index is 12.5. The van der Waals surface area contributed by atoms with E-state index in [0.29, 0.717) is 30.3 Å². The molecule has 1 amide bonds. The molecule has 0 saturated carbocycles. The Hall–Kier alpha value is -2.73. The van der Waals surface area contributed by atoms with E-state index < -0.39 is 0 Å². The van der Waals surface area contributed by atoms with Crippen LogP contribution in [-0.2, 0) is 17.9 Å². The lowest BCUT2D eigenvalue weighted by molar-refractivity contribution is -0.122. The molecule has 0 aliphatic carbocycles. The molecular formula is C22H30N2O4. The van der Waals surface area contributed by atoms with E-state index in [1.165, 1.54) is 11.1 Å². The number of benzene rings is 2. The molecule has 28 heavy (non-hydrogen) atoms. The molecule has 2 aromatic carbocycles. The standard InChI is InChI=1S/C22H30N2O4/c1-6-24(14-17-10-8-7-9-16(17)2)15-22(25)23-13-18-11-20(27-4)21(28-5)12-19(18)26-3/h7-12H,6,13-15H2,1-5H3,(H,23,25). The van der Waals surface area contributed by atoms with Gasteiger partial charge in [0.2, 0.25) is 5.91 Å². The fraction of sp³-hybridized carbons (Fsp3) is 0.409. The van der Waals surface area contributed by atoms with E-state index in [-0.39, 0.29) is 5.91 Å². The van der Waals surface area contributed by atoms with Crippen molar-refractivity contribution in [3.63, 3.8) is 0 Å². The van der Waals surface area contributed by atoms with E-state index >= 15 is 0 Å². The van der Waals surface area contributed by atoms with Gasteiger partial charge in [0.1, 0.15) is 5.75 Å². The van der Waals surface area contributed by atoms with Crippen molar-refractivity contribution in [2.75, 3.05) is 34.4 Å². The second-order valence-corrected chi connectivity index (χ2v) is 6.53. The first-order valence-corrected chi connectivity index (χ1v) is 9.34. The lowest BCUT2D eigenvalue weighted by atomic mass is 10.1. The maximum absolute atomic E-state index is 12.5. The molecule has 0 heterocycles. The number of nitrogens with zero attached hydrogens (tertiary/aromatic N) is 1. The Labute approximate surface area is 167 Å². The van der Waals surface area contributed by atoms with Crippen LogP contribution in [0.3, 0.4) is 0 Å². The molecule has 0 saturated heterocycles. The summed E-state index contributed by atoms with van der Waals surface area (Å²) in [7, 11) is 4.75. The van der Waals surface area contributed by atoms with Crippen LogP contribution in [0.4, 0.5) is 0 Å². The first-order chi connectivity index (χ1) is 13.5. The van der Waals surface area contributed by atoms with Gasteiger partial charge in [0, 0.05) is 24.7 Å². The maximum Gasteiger partial charge on any atom is 0.234 e. The minimum atomic E-state index is -0.0349. The van der Waals surface area contributed by atoms with Crippen molar-refractivity contribution in [2.24, 2.45) is 0 Å².